The Morgan fingerprint density at radius 1 is 0.690 bits per heavy atom. The summed E-state index contributed by atoms with van der Waals surface area (Å²) in [4.78, 5) is 9.63. The van der Waals surface area contributed by atoms with Crippen molar-refractivity contribution in [2.24, 2.45) is 0 Å². The van der Waals surface area contributed by atoms with Gasteiger partial charge in [0.1, 0.15) is 17.0 Å². The van der Waals surface area contributed by atoms with Crippen LogP contribution in [0.5, 0.6) is 0 Å². The SMILES string of the molecule is Cc1ccc2c(c1)oc1c(-c3nc(C)nc4c3ccc3ccccc34)cccc12. The molecule has 0 amide bonds. The minimum atomic E-state index is 0.757. The van der Waals surface area contributed by atoms with Gasteiger partial charge in [-0.2, -0.15) is 0 Å². The lowest BCUT2D eigenvalue weighted by molar-refractivity contribution is 0.669. The average molecular weight is 374 g/mol. The van der Waals surface area contributed by atoms with Crippen LogP contribution in [0, 0.1) is 13.8 Å². The zero-order valence-electron chi connectivity index (χ0n) is 16.2. The number of hydrogen-bond acceptors (Lipinski definition) is 3. The quantitative estimate of drug-likeness (QED) is 0.292. The van der Waals surface area contributed by atoms with Crippen molar-refractivity contribution >= 4 is 43.6 Å². The minimum absolute atomic E-state index is 0.757. The second-order valence-corrected chi connectivity index (χ2v) is 7.59. The van der Waals surface area contributed by atoms with Crippen molar-refractivity contribution in [3.63, 3.8) is 0 Å². The summed E-state index contributed by atoms with van der Waals surface area (Å²) < 4.78 is 6.33. The van der Waals surface area contributed by atoms with Crippen molar-refractivity contribution in [3.8, 4) is 11.3 Å². The van der Waals surface area contributed by atoms with Crippen LogP contribution in [0.1, 0.15) is 11.4 Å². The molecule has 0 saturated heterocycles. The molecule has 0 radical (unpaired) electrons. The Labute approximate surface area is 167 Å². The molecule has 0 bridgehead atoms. The molecule has 2 aromatic heterocycles. The fourth-order valence-electron chi connectivity index (χ4n) is 4.27. The van der Waals surface area contributed by atoms with Gasteiger partial charge in [-0.15, -0.1) is 0 Å². The van der Waals surface area contributed by atoms with E-state index in [0.29, 0.717) is 0 Å². The zero-order chi connectivity index (χ0) is 19.5. The topological polar surface area (TPSA) is 38.9 Å². The van der Waals surface area contributed by atoms with Crippen LogP contribution < -0.4 is 0 Å². The molecule has 0 saturated carbocycles. The van der Waals surface area contributed by atoms with E-state index in [0.717, 1.165) is 55.3 Å². The third-order valence-corrected chi connectivity index (χ3v) is 5.61. The summed E-state index contributed by atoms with van der Waals surface area (Å²) in [7, 11) is 0. The Kier molecular flexibility index (Phi) is 3.30. The summed E-state index contributed by atoms with van der Waals surface area (Å²) >= 11 is 0. The van der Waals surface area contributed by atoms with Crippen molar-refractivity contribution in [1.82, 2.24) is 9.97 Å². The van der Waals surface area contributed by atoms with Crippen LogP contribution in [0.15, 0.2) is 77.2 Å². The number of benzene rings is 4. The van der Waals surface area contributed by atoms with Crippen LogP contribution in [-0.2, 0) is 0 Å². The van der Waals surface area contributed by atoms with E-state index in [1.54, 1.807) is 0 Å². The Morgan fingerprint density at radius 3 is 2.45 bits per heavy atom. The maximum atomic E-state index is 6.33. The van der Waals surface area contributed by atoms with Gasteiger partial charge in [0.05, 0.1) is 11.2 Å². The maximum absolute atomic E-state index is 6.33. The first-order chi connectivity index (χ1) is 14.2. The molecule has 0 fully saturated rings. The second-order valence-electron chi connectivity index (χ2n) is 7.59. The van der Waals surface area contributed by atoms with Gasteiger partial charge in [-0.25, -0.2) is 9.97 Å². The molecule has 0 atom stereocenters. The maximum Gasteiger partial charge on any atom is 0.144 e. The lowest BCUT2D eigenvalue weighted by atomic mass is 10.00. The van der Waals surface area contributed by atoms with Crippen LogP contribution in [0.3, 0.4) is 0 Å². The highest BCUT2D eigenvalue weighted by Crippen LogP contribution is 2.38. The number of rotatable bonds is 1. The number of furan rings is 1. The Bertz CT molecular complexity index is 1580. The number of nitrogens with zero attached hydrogens (tertiary/aromatic N) is 2. The van der Waals surface area contributed by atoms with Gasteiger partial charge in [0, 0.05) is 27.1 Å². The molecule has 0 aliphatic carbocycles. The molecule has 3 nitrogen and oxygen atoms in total. The Balaban J connectivity index is 1.75. The first-order valence-corrected chi connectivity index (χ1v) is 9.77. The zero-order valence-corrected chi connectivity index (χ0v) is 16.2. The summed E-state index contributed by atoms with van der Waals surface area (Å²) in [6.45, 7) is 4.03. The summed E-state index contributed by atoms with van der Waals surface area (Å²) in [6.07, 6.45) is 0. The van der Waals surface area contributed by atoms with Crippen molar-refractivity contribution < 1.29 is 4.42 Å². The largest absolute Gasteiger partial charge is 0.455 e. The number of aromatic nitrogens is 2. The lowest BCUT2D eigenvalue weighted by Gasteiger charge is -2.10. The monoisotopic (exact) mass is 374 g/mol. The van der Waals surface area contributed by atoms with E-state index >= 15 is 0 Å². The summed E-state index contributed by atoms with van der Waals surface area (Å²) in [6, 6.07) is 25.3. The van der Waals surface area contributed by atoms with E-state index in [-0.39, 0.29) is 0 Å². The molecule has 6 rings (SSSR count). The summed E-state index contributed by atoms with van der Waals surface area (Å²) in [5.74, 6) is 0.757. The predicted molar refractivity (Wildman–Crippen MR) is 119 cm³/mol. The molecule has 0 unspecified atom stereocenters. The Hall–Kier alpha value is -3.72. The molecule has 0 spiro atoms. The van der Waals surface area contributed by atoms with E-state index in [9.17, 15) is 0 Å². The normalized spacial score (nSPS) is 11.8. The highest BCUT2D eigenvalue weighted by atomic mass is 16.3. The standard InChI is InChI=1S/C26H18N2O/c1-15-10-12-19-20-8-5-9-22(26(20)29-23(19)14-15)25-21-13-11-17-6-3-4-7-18(17)24(21)27-16(2)28-25/h3-14H,1-2H3. The van der Waals surface area contributed by atoms with Crippen LogP contribution in [0.4, 0.5) is 0 Å². The molecular weight excluding hydrogens is 356 g/mol. The Morgan fingerprint density at radius 2 is 1.52 bits per heavy atom. The minimum Gasteiger partial charge on any atom is -0.455 e. The van der Waals surface area contributed by atoms with E-state index in [4.69, 9.17) is 14.4 Å². The first-order valence-electron chi connectivity index (χ1n) is 9.77. The molecule has 29 heavy (non-hydrogen) atoms. The van der Waals surface area contributed by atoms with Crippen LogP contribution in [0.25, 0.3) is 54.9 Å². The molecule has 4 aromatic carbocycles. The molecule has 6 aromatic rings. The van der Waals surface area contributed by atoms with Crippen molar-refractivity contribution in [2.45, 2.75) is 13.8 Å². The van der Waals surface area contributed by atoms with E-state index < -0.39 is 0 Å². The number of para-hydroxylation sites is 1. The van der Waals surface area contributed by atoms with Crippen molar-refractivity contribution in [3.05, 3.63) is 84.2 Å². The molecule has 0 aliphatic heterocycles. The third-order valence-electron chi connectivity index (χ3n) is 5.61. The van der Waals surface area contributed by atoms with Crippen molar-refractivity contribution in [1.29, 1.82) is 0 Å². The van der Waals surface area contributed by atoms with E-state index in [1.807, 2.05) is 6.92 Å². The summed E-state index contributed by atoms with van der Waals surface area (Å²) in [5.41, 5.74) is 5.87. The highest BCUT2D eigenvalue weighted by molar-refractivity contribution is 6.14. The van der Waals surface area contributed by atoms with Gasteiger partial charge in [-0.05, 0) is 43.0 Å². The van der Waals surface area contributed by atoms with Gasteiger partial charge < -0.3 is 4.42 Å². The third kappa shape index (κ3) is 2.37. The predicted octanol–water partition coefficient (Wildman–Crippen LogP) is 6.97. The van der Waals surface area contributed by atoms with Crippen LogP contribution in [0.2, 0.25) is 0 Å². The number of fused-ring (bicyclic) bond motifs is 6. The van der Waals surface area contributed by atoms with Gasteiger partial charge in [0.2, 0.25) is 0 Å². The molecule has 0 aliphatic rings. The average Bonchev–Trinajstić information content (AvgIpc) is 3.10. The molecular formula is C26H18N2O. The number of hydrogen-bond donors (Lipinski definition) is 0. The van der Waals surface area contributed by atoms with E-state index in [2.05, 4.69) is 79.7 Å². The molecule has 3 heteroatoms. The van der Waals surface area contributed by atoms with E-state index in [1.165, 1.54) is 10.9 Å². The highest BCUT2D eigenvalue weighted by Gasteiger charge is 2.17. The van der Waals surface area contributed by atoms with Gasteiger partial charge >= 0.3 is 0 Å². The lowest BCUT2D eigenvalue weighted by Crippen LogP contribution is -1.95. The molecule has 0 N–H and O–H groups in total. The fraction of sp³-hybridized carbons (Fsp3) is 0.0769. The van der Waals surface area contributed by atoms with Crippen LogP contribution >= 0.6 is 0 Å². The summed E-state index contributed by atoms with van der Waals surface area (Å²) in [5, 5.41) is 5.61. The first kappa shape index (κ1) is 16.3. The van der Waals surface area contributed by atoms with Gasteiger partial charge in [-0.3, -0.25) is 0 Å². The van der Waals surface area contributed by atoms with Crippen molar-refractivity contribution in [2.75, 3.05) is 0 Å². The van der Waals surface area contributed by atoms with Gasteiger partial charge in [-0.1, -0.05) is 54.6 Å². The molecule has 2 heterocycles. The molecule has 138 valence electrons. The van der Waals surface area contributed by atoms with Crippen LogP contribution in [-0.4, -0.2) is 9.97 Å². The second kappa shape index (κ2) is 5.89. The van der Waals surface area contributed by atoms with Gasteiger partial charge in [0.25, 0.3) is 0 Å². The van der Waals surface area contributed by atoms with Gasteiger partial charge in [0.15, 0.2) is 0 Å². The smallest absolute Gasteiger partial charge is 0.144 e. The number of aryl methyl sites for hydroxylation is 2. The fourth-order valence-corrected chi connectivity index (χ4v) is 4.27.